The minimum absolute atomic E-state index is 0.748. The molecule has 0 bridgehead atoms. The molecule has 98 valence electrons. The molecule has 3 aromatic rings. The molecule has 0 aliphatic rings. The molecule has 0 aliphatic heterocycles. The zero-order valence-electron chi connectivity index (χ0n) is 10.6. The number of methoxy groups -OCH3 is 1. The van der Waals surface area contributed by atoms with Crippen LogP contribution < -0.4 is 4.74 Å². The summed E-state index contributed by atoms with van der Waals surface area (Å²) in [5, 5.41) is 5.40. The standard InChI is InChI=1S/C13H12BrN3OS/c1-8-11(7-14)19-13-15-12(16-17(8)13)9-3-5-10(18-2)6-4-9/h3-6H,7H2,1-2H3. The fourth-order valence-corrected chi connectivity index (χ4v) is 3.53. The molecule has 3 rings (SSSR count). The third-order valence-corrected chi connectivity index (χ3v) is 5.05. The summed E-state index contributed by atoms with van der Waals surface area (Å²) in [6, 6.07) is 7.78. The highest BCUT2D eigenvalue weighted by Crippen LogP contribution is 2.26. The lowest BCUT2D eigenvalue weighted by atomic mass is 10.2. The Labute approximate surface area is 123 Å². The number of aromatic nitrogens is 3. The monoisotopic (exact) mass is 337 g/mol. The van der Waals surface area contributed by atoms with Crippen LogP contribution in [0.5, 0.6) is 5.75 Å². The second-order valence-electron chi connectivity index (χ2n) is 4.10. The van der Waals surface area contributed by atoms with Crippen LogP contribution >= 0.6 is 27.3 Å². The fraction of sp³-hybridized carbons (Fsp3) is 0.231. The maximum absolute atomic E-state index is 5.15. The van der Waals surface area contributed by atoms with Crippen molar-refractivity contribution in [3.05, 3.63) is 34.8 Å². The summed E-state index contributed by atoms with van der Waals surface area (Å²) in [5.74, 6) is 1.58. The van der Waals surface area contributed by atoms with Crippen LogP contribution in [0, 0.1) is 6.92 Å². The Morgan fingerprint density at radius 1 is 1.32 bits per heavy atom. The predicted molar refractivity (Wildman–Crippen MR) is 80.2 cm³/mol. The molecule has 0 saturated carbocycles. The van der Waals surface area contributed by atoms with Crippen molar-refractivity contribution in [1.82, 2.24) is 14.6 Å². The molecule has 0 atom stereocenters. The third kappa shape index (κ3) is 2.15. The second-order valence-corrected chi connectivity index (χ2v) is 5.73. The van der Waals surface area contributed by atoms with Crippen molar-refractivity contribution in [1.29, 1.82) is 0 Å². The average molecular weight is 338 g/mol. The van der Waals surface area contributed by atoms with Crippen LogP contribution in [0.15, 0.2) is 24.3 Å². The molecule has 0 amide bonds. The van der Waals surface area contributed by atoms with Crippen molar-refractivity contribution < 1.29 is 4.74 Å². The van der Waals surface area contributed by atoms with Crippen molar-refractivity contribution in [3.63, 3.8) is 0 Å². The highest BCUT2D eigenvalue weighted by molar-refractivity contribution is 9.08. The normalized spacial score (nSPS) is 11.1. The van der Waals surface area contributed by atoms with Gasteiger partial charge >= 0.3 is 0 Å². The van der Waals surface area contributed by atoms with E-state index in [9.17, 15) is 0 Å². The van der Waals surface area contributed by atoms with Gasteiger partial charge in [-0.1, -0.05) is 27.3 Å². The molecular formula is C13H12BrN3OS. The molecule has 0 fully saturated rings. The summed E-state index contributed by atoms with van der Waals surface area (Å²) < 4.78 is 7.05. The Hall–Kier alpha value is -1.40. The van der Waals surface area contributed by atoms with Crippen molar-refractivity contribution >= 4 is 32.2 Å². The maximum Gasteiger partial charge on any atom is 0.213 e. The number of rotatable bonds is 3. The number of halogens is 1. The number of fused-ring (bicyclic) bond motifs is 1. The Morgan fingerprint density at radius 2 is 2.05 bits per heavy atom. The number of hydrogen-bond donors (Lipinski definition) is 0. The minimum atomic E-state index is 0.748. The summed E-state index contributed by atoms with van der Waals surface area (Å²) in [6.07, 6.45) is 0. The van der Waals surface area contributed by atoms with Crippen molar-refractivity contribution in [2.24, 2.45) is 0 Å². The van der Waals surface area contributed by atoms with E-state index in [1.54, 1.807) is 18.4 Å². The van der Waals surface area contributed by atoms with E-state index in [2.05, 4.69) is 32.9 Å². The molecule has 6 heteroatoms. The van der Waals surface area contributed by atoms with Crippen molar-refractivity contribution in [2.75, 3.05) is 7.11 Å². The van der Waals surface area contributed by atoms with Crippen LogP contribution in [0.3, 0.4) is 0 Å². The quantitative estimate of drug-likeness (QED) is 0.684. The lowest BCUT2D eigenvalue weighted by molar-refractivity contribution is 0.415. The van der Waals surface area contributed by atoms with Crippen LogP contribution in [0.4, 0.5) is 0 Å². The molecule has 19 heavy (non-hydrogen) atoms. The van der Waals surface area contributed by atoms with Gasteiger partial charge in [0.2, 0.25) is 4.96 Å². The van der Waals surface area contributed by atoms with Crippen molar-refractivity contribution in [3.8, 4) is 17.1 Å². The van der Waals surface area contributed by atoms with E-state index in [4.69, 9.17) is 4.74 Å². The van der Waals surface area contributed by atoms with E-state index >= 15 is 0 Å². The van der Waals surface area contributed by atoms with Gasteiger partial charge in [-0.25, -0.2) is 4.52 Å². The van der Waals surface area contributed by atoms with Gasteiger partial charge in [-0.3, -0.25) is 0 Å². The predicted octanol–water partition coefficient (Wildman–Crippen LogP) is 3.67. The molecule has 4 nitrogen and oxygen atoms in total. The fourth-order valence-electron chi connectivity index (χ4n) is 1.87. The van der Waals surface area contributed by atoms with Gasteiger partial charge in [0.15, 0.2) is 5.82 Å². The summed E-state index contributed by atoms with van der Waals surface area (Å²) in [7, 11) is 1.66. The number of aryl methyl sites for hydroxylation is 1. The van der Waals surface area contributed by atoms with Crippen LogP contribution in [0.25, 0.3) is 16.3 Å². The van der Waals surface area contributed by atoms with Gasteiger partial charge in [-0.15, -0.1) is 5.10 Å². The van der Waals surface area contributed by atoms with Gasteiger partial charge in [0.25, 0.3) is 0 Å². The lowest BCUT2D eigenvalue weighted by Gasteiger charge is -1.99. The molecule has 0 unspecified atom stereocenters. The van der Waals surface area contributed by atoms with E-state index in [1.165, 1.54) is 4.88 Å². The molecule has 2 heterocycles. The largest absolute Gasteiger partial charge is 0.497 e. The summed E-state index contributed by atoms with van der Waals surface area (Å²) in [5.41, 5.74) is 2.14. The molecule has 0 spiro atoms. The highest BCUT2D eigenvalue weighted by Gasteiger charge is 2.13. The second kappa shape index (κ2) is 4.94. The maximum atomic E-state index is 5.15. The van der Waals surface area contributed by atoms with E-state index in [-0.39, 0.29) is 0 Å². The number of alkyl halides is 1. The topological polar surface area (TPSA) is 39.4 Å². The first-order valence-corrected chi connectivity index (χ1v) is 7.72. The Morgan fingerprint density at radius 3 is 2.63 bits per heavy atom. The Balaban J connectivity index is 2.05. The Bertz CT molecular complexity index is 717. The van der Waals surface area contributed by atoms with Gasteiger partial charge in [-0.2, -0.15) is 4.98 Å². The van der Waals surface area contributed by atoms with Crippen LogP contribution in [-0.2, 0) is 5.33 Å². The molecule has 1 aromatic carbocycles. The van der Waals surface area contributed by atoms with E-state index in [1.807, 2.05) is 28.8 Å². The van der Waals surface area contributed by atoms with Gasteiger partial charge in [-0.05, 0) is 31.2 Å². The van der Waals surface area contributed by atoms with Crippen molar-refractivity contribution in [2.45, 2.75) is 12.3 Å². The van der Waals surface area contributed by atoms with E-state index in [0.29, 0.717) is 0 Å². The first kappa shape index (κ1) is 12.6. The van der Waals surface area contributed by atoms with Crippen LogP contribution in [0.2, 0.25) is 0 Å². The number of benzene rings is 1. The molecule has 2 aromatic heterocycles. The van der Waals surface area contributed by atoms with Crippen LogP contribution in [-0.4, -0.2) is 21.7 Å². The van der Waals surface area contributed by atoms with Gasteiger partial charge in [0, 0.05) is 15.8 Å². The summed E-state index contributed by atoms with van der Waals surface area (Å²) in [6.45, 7) is 2.06. The average Bonchev–Trinajstić information content (AvgIpc) is 2.99. The minimum Gasteiger partial charge on any atom is -0.497 e. The lowest BCUT2D eigenvalue weighted by Crippen LogP contribution is -1.90. The molecular weight excluding hydrogens is 326 g/mol. The molecule has 0 N–H and O–H groups in total. The number of hydrogen-bond acceptors (Lipinski definition) is 4. The van der Waals surface area contributed by atoms with Gasteiger partial charge < -0.3 is 4.74 Å². The number of nitrogens with zero attached hydrogens (tertiary/aromatic N) is 3. The molecule has 0 saturated heterocycles. The van der Waals surface area contributed by atoms with E-state index < -0.39 is 0 Å². The highest BCUT2D eigenvalue weighted by atomic mass is 79.9. The Kier molecular flexibility index (Phi) is 3.28. The number of ether oxygens (including phenoxy) is 1. The van der Waals surface area contributed by atoms with E-state index in [0.717, 1.165) is 33.1 Å². The number of thiazole rings is 1. The molecule has 0 radical (unpaired) electrons. The van der Waals surface area contributed by atoms with Gasteiger partial charge in [0.1, 0.15) is 5.75 Å². The zero-order chi connectivity index (χ0) is 13.4. The summed E-state index contributed by atoms with van der Waals surface area (Å²) in [4.78, 5) is 6.77. The zero-order valence-corrected chi connectivity index (χ0v) is 13.0. The molecule has 0 aliphatic carbocycles. The van der Waals surface area contributed by atoms with Crippen LogP contribution in [0.1, 0.15) is 10.6 Å². The first-order valence-electron chi connectivity index (χ1n) is 5.78. The summed E-state index contributed by atoms with van der Waals surface area (Å²) >= 11 is 5.14. The smallest absolute Gasteiger partial charge is 0.213 e. The first-order chi connectivity index (χ1) is 9.22. The van der Waals surface area contributed by atoms with Gasteiger partial charge in [0.05, 0.1) is 12.8 Å². The SMILES string of the molecule is COc1ccc(-c2nc3sc(CBr)c(C)n3n2)cc1. The third-order valence-electron chi connectivity index (χ3n) is 2.98.